The number of aliphatic hydroxyl groups excluding tert-OH is 5. The lowest BCUT2D eigenvalue weighted by atomic mass is 9.89. The lowest BCUT2D eigenvalue weighted by Gasteiger charge is -2.40. The van der Waals surface area contributed by atoms with E-state index >= 15 is 0 Å². The fourth-order valence-electron chi connectivity index (χ4n) is 9.01. The molecular weight excluding hydrogens is 1230 g/mol. The summed E-state index contributed by atoms with van der Waals surface area (Å²) in [5.74, 6) is 55.1. The molecule has 2 unspecified atom stereocenters. The molecule has 5 amide bonds. The topological polar surface area (TPSA) is 332 Å². The van der Waals surface area contributed by atoms with Crippen LogP contribution in [0.15, 0.2) is 24.3 Å². The molecule has 21 heteroatoms. The Bertz CT molecular complexity index is 3550. The number of ketones is 2. The van der Waals surface area contributed by atoms with Gasteiger partial charge in [-0.15, -0.1) is 0 Å². The Kier molecular flexibility index (Phi) is 43.9. The summed E-state index contributed by atoms with van der Waals surface area (Å²) in [6.45, 7) is 6.96. The summed E-state index contributed by atoms with van der Waals surface area (Å²) in [6, 6.07) is 2.92. The minimum absolute atomic E-state index is 0.00215. The molecule has 11 N–H and O–H groups in total. The van der Waals surface area contributed by atoms with Gasteiger partial charge in [-0.1, -0.05) is 116 Å². The van der Waals surface area contributed by atoms with Crippen LogP contribution in [0.1, 0.15) is 156 Å². The summed E-state index contributed by atoms with van der Waals surface area (Å²) < 4.78 is 22.7. The van der Waals surface area contributed by atoms with E-state index in [1.807, 2.05) is 0 Å². The SMILES string of the molecule is CC#CC#CC#CC#CC#CC#CC#CC#CC#CC#CC#CC#CC(=O)O[C@H]([C@H](O)CCCCCCCCCCCCCC)[C@H](CO[C@H]1OC(CO)[C@H](O)[C@H](O)C1O)NC(=O)OCc1ccc(NC(=O)[C@H](CCCNC(N)=O)CC(=O)[C@@H](NC(=O)CCC(C)=O)C(C)C)cc1. The van der Waals surface area contributed by atoms with Gasteiger partial charge in [0, 0.05) is 78.9 Å². The molecule has 0 saturated carbocycles. The zero-order valence-electron chi connectivity index (χ0n) is 55.0. The first-order valence-electron chi connectivity index (χ1n) is 31.7. The van der Waals surface area contributed by atoms with Crippen molar-refractivity contribution in [2.24, 2.45) is 17.6 Å². The number of anilines is 1. The van der Waals surface area contributed by atoms with Crippen molar-refractivity contribution in [3.63, 3.8) is 0 Å². The number of amides is 5. The standard InChI is InChI=1S/C75H85N5O16/c1-6-8-10-12-14-16-18-20-21-22-23-24-25-26-27-28-29-30-32-34-36-38-40-44-66(86)96-71(62(83)43-39-37-35-33-31-19-17-15-13-11-9-7-2)61(55-93-73-70(89)69(88)68(87)64(53-81)95-73)79-75(92)94-54-58-46-48-60(49-47-58)78-72(90)59(42-41-51-77-74(76)91)52-63(84)67(56(3)4)80-65(85)50-45-57(5)82/h46-49,56,59,61-62,64,67-71,73,81,83,87-89H,7,9,11,13,15,17,19,31,33,35,37,39,41-43,45,50-55H2,1-5H3,(H,78,90)(H,79,92)(H,80,85)(H3,76,77,91)/t59-,61+,62-,64?,67+,68+,69+,70?,71+,73+/m1/s1. The molecule has 2 rings (SSSR count). The first-order valence-corrected chi connectivity index (χ1v) is 31.7. The number of unbranched alkanes of at least 4 members (excludes halogenated alkanes) is 11. The monoisotopic (exact) mass is 1310 g/mol. The van der Waals surface area contributed by atoms with Crippen LogP contribution in [-0.4, -0.2) is 142 Å². The summed E-state index contributed by atoms with van der Waals surface area (Å²) >= 11 is 0. The second kappa shape index (κ2) is 51.4. The van der Waals surface area contributed by atoms with E-state index in [1.165, 1.54) is 51.2 Å². The maximum atomic E-state index is 13.8. The predicted molar refractivity (Wildman–Crippen MR) is 359 cm³/mol. The van der Waals surface area contributed by atoms with Crippen molar-refractivity contribution in [3.8, 4) is 142 Å². The maximum absolute atomic E-state index is 13.8. The summed E-state index contributed by atoms with van der Waals surface area (Å²) in [6.07, 6.45) is -0.118. The number of esters is 1. The molecule has 1 saturated heterocycles. The number of ether oxygens (including phenoxy) is 4. The molecule has 0 radical (unpaired) electrons. The van der Waals surface area contributed by atoms with Gasteiger partial charge in [0.25, 0.3) is 0 Å². The number of primary amides is 1. The van der Waals surface area contributed by atoms with Crippen LogP contribution in [0, 0.1) is 154 Å². The summed E-state index contributed by atoms with van der Waals surface area (Å²) in [5.41, 5.74) is 5.94. The second-order valence-electron chi connectivity index (χ2n) is 22.1. The van der Waals surface area contributed by atoms with Gasteiger partial charge in [-0.2, -0.15) is 0 Å². The second-order valence-corrected chi connectivity index (χ2v) is 22.1. The number of hydrogen-bond acceptors (Lipinski definition) is 16. The van der Waals surface area contributed by atoms with Gasteiger partial charge in [0.15, 0.2) is 18.2 Å². The van der Waals surface area contributed by atoms with Crippen molar-refractivity contribution in [3.05, 3.63) is 29.8 Å². The number of Topliss-reactive ketones (excluding diaryl/α,β-unsaturated/α-hetero) is 2. The number of aliphatic hydroxyl groups is 5. The zero-order valence-corrected chi connectivity index (χ0v) is 55.0. The van der Waals surface area contributed by atoms with Crippen molar-refractivity contribution in [2.45, 2.75) is 212 Å². The number of hydrogen-bond donors (Lipinski definition) is 10. The third-order valence-corrected chi connectivity index (χ3v) is 14.0. The van der Waals surface area contributed by atoms with Crippen LogP contribution in [-0.2, 0) is 49.5 Å². The summed E-state index contributed by atoms with van der Waals surface area (Å²) in [5, 5.41) is 64.0. The van der Waals surface area contributed by atoms with Gasteiger partial charge in [-0.05, 0) is 151 Å². The van der Waals surface area contributed by atoms with E-state index < -0.39 is 110 Å². The van der Waals surface area contributed by atoms with Gasteiger partial charge in [-0.25, -0.2) is 14.4 Å². The van der Waals surface area contributed by atoms with Crippen LogP contribution in [0.25, 0.3) is 0 Å². The first kappa shape index (κ1) is 82.0. The third kappa shape index (κ3) is 38.2. The van der Waals surface area contributed by atoms with Gasteiger partial charge in [-0.3, -0.25) is 14.4 Å². The number of carbonyl (C=O) groups excluding carboxylic acids is 7. The molecule has 21 nitrogen and oxygen atoms in total. The number of benzene rings is 1. The van der Waals surface area contributed by atoms with Crippen molar-refractivity contribution >= 4 is 47.2 Å². The average molecular weight is 1310 g/mol. The van der Waals surface area contributed by atoms with Crippen molar-refractivity contribution in [1.82, 2.24) is 16.0 Å². The molecule has 1 fully saturated rings. The number of nitrogens with two attached hydrogens (primary N) is 1. The minimum atomic E-state index is -1.87. The zero-order chi connectivity index (χ0) is 70.6. The summed E-state index contributed by atoms with van der Waals surface area (Å²) in [4.78, 5) is 90.2. The fourth-order valence-corrected chi connectivity index (χ4v) is 9.01. The molecule has 0 bridgehead atoms. The molecule has 0 aliphatic carbocycles. The Morgan fingerprint density at radius 3 is 1.64 bits per heavy atom. The van der Waals surface area contributed by atoms with Crippen molar-refractivity contribution < 1.29 is 78.0 Å². The van der Waals surface area contributed by atoms with Gasteiger partial charge in [0.2, 0.25) is 11.8 Å². The minimum Gasteiger partial charge on any atom is -0.448 e. The molecule has 1 aromatic rings. The van der Waals surface area contributed by atoms with E-state index in [2.05, 4.69) is 170 Å². The number of urea groups is 1. The fraction of sp³-hybridized carbons (Fsp3) is 0.507. The highest BCUT2D eigenvalue weighted by Crippen LogP contribution is 2.25. The molecule has 10 atom stereocenters. The highest BCUT2D eigenvalue weighted by Gasteiger charge is 2.45. The predicted octanol–water partition coefficient (Wildman–Crippen LogP) is 3.99. The Morgan fingerprint density at radius 1 is 0.635 bits per heavy atom. The maximum Gasteiger partial charge on any atom is 0.407 e. The van der Waals surface area contributed by atoms with Crippen LogP contribution in [0.3, 0.4) is 0 Å². The Morgan fingerprint density at radius 2 is 1.15 bits per heavy atom. The highest BCUT2D eigenvalue weighted by atomic mass is 16.7. The van der Waals surface area contributed by atoms with Gasteiger partial charge in [0.1, 0.15) is 36.8 Å². The van der Waals surface area contributed by atoms with Crippen LogP contribution >= 0.6 is 0 Å². The Labute approximate surface area is 565 Å². The van der Waals surface area contributed by atoms with Crippen LogP contribution < -0.4 is 27.0 Å². The van der Waals surface area contributed by atoms with Gasteiger partial charge in [0.05, 0.1) is 31.4 Å². The lowest BCUT2D eigenvalue weighted by molar-refractivity contribution is -0.303. The van der Waals surface area contributed by atoms with E-state index in [1.54, 1.807) is 32.9 Å². The smallest absolute Gasteiger partial charge is 0.407 e. The number of rotatable bonds is 37. The van der Waals surface area contributed by atoms with Gasteiger partial charge < -0.3 is 76.3 Å². The first-order chi connectivity index (χ1) is 46.3. The molecule has 506 valence electrons. The summed E-state index contributed by atoms with van der Waals surface area (Å²) in [7, 11) is 0. The highest BCUT2D eigenvalue weighted by molar-refractivity contribution is 5.97. The largest absolute Gasteiger partial charge is 0.448 e. The van der Waals surface area contributed by atoms with E-state index in [4.69, 9.17) is 24.7 Å². The van der Waals surface area contributed by atoms with E-state index in [9.17, 15) is 59.1 Å². The molecule has 96 heavy (non-hydrogen) atoms. The third-order valence-electron chi connectivity index (χ3n) is 14.0. The quantitative estimate of drug-likeness (QED) is 0.0195. The normalized spacial score (nSPS) is 15.8. The molecule has 1 heterocycles. The Balaban J connectivity index is 2.38. The van der Waals surface area contributed by atoms with E-state index in [0.29, 0.717) is 24.1 Å². The lowest BCUT2D eigenvalue weighted by Crippen LogP contribution is -2.60. The van der Waals surface area contributed by atoms with E-state index in [0.717, 1.165) is 32.1 Å². The van der Waals surface area contributed by atoms with E-state index in [-0.39, 0.29) is 63.4 Å². The molecular formula is C75H85N5O16. The van der Waals surface area contributed by atoms with Crippen LogP contribution in [0.2, 0.25) is 0 Å². The number of carbonyl (C=O) groups is 7. The molecule has 0 aromatic heterocycles. The van der Waals surface area contributed by atoms with Gasteiger partial charge >= 0.3 is 18.1 Å². The molecule has 1 aliphatic heterocycles. The Hall–Kier alpha value is -10.1. The molecule has 1 aliphatic rings. The average Bonchev–Trinajstić information content (AvgIpc) is 0.838. The van der Waals surface area contributed by atoms with Crippen LogP contribution in [0.5, 0.6) is 0 Å². The molecule has 0 spiro atoms. The number of alkyl carbamates (subject to hydrolysis) is 1. The van der Waals surface area contributed by atoms with Crippen molar-refractivity contribution in [2.75, 3.05) is 25.1 Å². The number of nitrogens with one attached hydrogen (secondary N) is 4. The molecule has 1 aromatic carbocycles. The van der Waals surface area contributed by atoms with Crippen LogP contribution in [0.4, 0.5) is 15.3 Å². The van der Waals surface area contributed by atoms with Crippen molar-refractivity contribution in [1.29, 1.82) is 0 Å².